The molecule has 2 aromatic carbocycles. The Hall–Kier alpha value is -3.59. The zero-order valence-electron chi connectivity index (χ0n) is 26.9. The van der Waals surface area contributed by atoms with E-state index >= 15 is 0 Å². The third kappa shape index (κ3) is 7.01. The van der Waals surface area contributed by atoms with Crippen molar-refractivity contribution in [1.29, 1.82) is 0 Å². The Bertz CT molecular complexity index is 2170. The molecule has 3 aromatic heterocycles. The maximum atomic E-state index is 13.6. The quantitative estimate of drug-likeness (QED) is 0.147. The summed E-state index contributed by atoms with van der Waals surface area (Å²) in [5.74, 6) is 0.349. The number of benzene rings is 2. The van der Waals surface area contributed by atoms with E-state index in [1.807, 2.05) is 0 Å². The maximum absolute atomic E-state index is 13.6. The molecular formula is C32H36Cl2N6O5SSi. The van der Waals surface area contributed by atoms with Crippen LogP contribution in [0, 0.1) is 0 Å². The first-order valence-electron chi connectivity index (χ1n) is 14.8. The number of sulfonamides is 1. The number of nitrogens with zero attached hydrogens (tertiary/aromatic N) is 5. The van der Waals surface area contributed by atoms with Crippen LogP contribution in [-0.2, 0) is 28.0 Å². The Kier molecular flexibility index (Phi) is 9.71. The highest BCUT2D eigenvalue weighted by molar-refractivity contribution is 7.89. The first-order valence-corrected chi connectivity index (χ1v) is 20.0. The van der Waals surface area contributed by atoms with Crippen molar-refractivity contribution < 1.29 is 12.8 Å². The van der Waals surface area contributed by atoms with Crippen molar-refractivity contribution in [2.45, 2.75) is 50.3 Å². The number of hydrogen-bond donors (Lipinski definition) is 1. The van der Waals surface area contributed by atoms with E-state index in [9.17, 15) is 18.0 Å². The standard InChI is InChI=1S/C32H36Cl2N6O5SSi/c1-32(2,3)47(5,6)45-18-17-36-46(43,44)24-16-13-22(35-19-24)20-39-29-27(30(41)38(4)31(39)42)40(23-14-11-21(33)12-15-23)28(37-29)25-9-7-8-10-26(25)34/h7-16,19,36H,17-18,20H2,1-6H3. The van der Waals surface area contributed by atoms with Gasteiger partial charge in [0.05, 0.1) is 17.3 Å². The third-order valence-electron chi connectivity index (χ3n) is 8.43. The Morgan fingerprint density at radius 1 is 0.979 bits per heavy atom. The van der Waals surface area contributed by atoms with Crippen LogP contribution in [0.5, 0.6) is 0 Å². The minimum Gasteiger partial charge on any atom is -0.415 e. The van der Waals surface area contributed by atoms with Crippen LogP contribution < -0.4 is 16.0 Å². The highest BCUT2D eigenvalue weighted by atomic mass is 35.5. The number of aromatic nitrogens is 5. The Labute approximate surface area is 284 Å². The molecule has 0 fully saturated rings. The molecule has 0 aliphatic carbocycles. The van der Waals surface area contributed by atoms with Crippen molar-refractivity contribution in [1.82, 2.24) is 28.4 Å². The molecular weight excluding hydrogens is 679 g/mol. The smallest absolute Gasteiger partial charge is 0.332 e. The lowest BCUT2D eigenvalue weighted by molar-refractivity contribution is 0.293. The third-order valence-corrected chi connectivity index (χ3v) is 15.0. The average molecular weight is 716 g/mol. The van der Waals surface area contributed by atoms with Crippen molar-refractivity contribution in [3.05, 3.63) is 103 Å². The van der Waals surface area contributed by atoms with Crippen LogP contribution in [0.4, 0.5) is 0 Å². The van der Waals surface area contributed by atoms with E-state index in [0.29, 0.717) is 32.8 Å². The first-order chi connectivity index (χ1) is 22.0. The van der Waals surface area contributed by atoms with Crippen molar-refractivity contribution in [3.63, 3.8) is 0 Å². The van der Waals surface area contributed by atoms with E-state index in [-0.39, 0.29) is 40.8 Å². The topological polar surface area (TPSA) is 130 Å². The molecule has 0 aliphatic heterocycles. The molecule has 3 heterocycles. The Balaban J connectivity index is 1.50. The van der Waals surface area contributed by atoms with E-state index in [4.69, 9.17) is 32.6 Å². The first kappa shape index (κ1) is 34.7. The number of nitrogens with one attached hydrogen (secondary N) is 1. The monoisotopic (exact) mass is 714 g/mol. The van der Waals surface area contributed by atoms with Gasteiger partial charge in [-0.1, -0.05) is 56.1 Å². The minimum absolute atomic E-state index is 0.00831. The molecule has 0 radical (unpaired) electrons. The zero-order chi connectivity index (χ0) is 34.3. The van der Waals surface area contributed by atoms with Crippen molar-refractivity contribution >= 4 is 52.7 Å². The lowest BCUT2D eigenvalue weighted by Gasteiger charge is -2.36. The van der Waals surface area contributed by atoms with Crippen molar-refractivity contribution in [2.75, 3.05) is 13.2 Å². The van der Waals surface area contributed by atoms with E-state index < -0.39 is 29.6 Å². The summed E-state index contributed by atoms with van der Waals surface area (Å²) >= 11 is 12.7. The highest BCUT2D eigenvalue weighted by Gasteiger charge is 2.37. The molecule has 5 aromatic rings. The van der Waals surface area contributed by atoms with Crippen LogP contribution in [0.25, 0.3) is 28.2 Å². The van der Waals surface area contributed by atoms with Gasteiger partial charge in [0.25, 0.3) is 5.56 Å². The summed E-state index contributed by atoms with van der Waals surface area (Å²) in [6.45, 7) is 10.9. The number of halogens is 2. The molecule has 0 amide bonds. The van der Waals surface area contributed by atoms with Crippen LogP contribution in [0.1, 0.15) is 26.5 Å². The summed E-state index contributed by atoms with van der Waals surface area (Å²) in [6.07, 6.45) is 1.23. The van der Waals surface area contributed by atoms with Crippen molar-refractivity contribution in [2.24, 2.45) is 7.05 Å². The molecule has 0 unspecified atom stereocenters. The fourth-order valence-corrected chi connectivity index (χ4v) is 7.07. The fraction of sp³-hybridized carbons (Fsp3) is 0.312. The highest BCUT2D eigenvalue weighted by Crippen LogP contribution is 2.36. The van der Waals surface area contributed by atoms with E-state index in [1.54, 1.807) is 53.1 Å². The van der Waals surface area contributed by atoms with Crippen LogP contribution >= 0.6 is 23.2 Å². The second-order valence-electron chi connectivity index (χ2n) is 12.6. The predicted octanol–water partition coefficient (Wildman–Crippen LogP) is 5.60. The predicted molar refractivity (Wildman–Crippen MR) is 188 cm³/mol. The van der Waals surface area contributed by atoms with Crippen molar-refractivity contribution in [3.8, 4) is 17.1 Å². The summed E-state index contributed by atoms with van der Waals surface area (Å²) in [5, 5.41) is 0.921. The van der Waals surface area contributed by atoms with E-state index in [1.165, 1.54) is 29.9 Å². The fourth-order valence-electron chi connectivity index (χ4n) is 4.72. The van der Waals surface area contributed by atoms with Gasteiger partial charge in [0.2, 0.25) is 10.0 Å². The van der Waals surface area contributed by atoms with Crippen LogP contribution in [0.3, 0.4) is 0 Å². The lowest BCUT2D eigenvalue weighted by Crippen LogP contribution is -2.42. The molecule has 11 nitrogen and oxygen atoms in total. The largest absolute Gasteiger partial charge is 0.415 e. The number of rotatable bonds is 10. The Morgan fingerprint density at radius 2 is 1.66 bits per heavy atom. The second-order valence-corrected chi connectivity index (χ2v) is 20.0. The summed E-state index contributed by atoms with van der Waals surface area (Å²) in [4.78, 5) is 36.3. The molecule has 47 heavy (non-hydrogen) atoms. The normalized spacial score (nSPS) is 12.6. The molecule has 0 atom stereocenters. The van der Waals surface area contributed by atoms with E-state index in [0.717, 1.165) is 4.57 Å². The number of hydrogen-bond acceptors (Lipinski definition) is 7. The minimum atomic E-state index is -3.86. The molecule has 1 N–H and O–H groups in total. The molecule has 248 valence electrons. The lowest BCUT2D eigenvalue weighted by atomic mass is 10.2. The number of imidazole rings is 1. The molecule has 5 rings (SSSR count). The summed E-state index contributed by atoms with van der Waals surface area (Å²) in [7, 11) is -4.49. The van der Waals surface area contributed by atoms with Gasteiger partial charge < -0.3 is 4.43 Å². The van der Waals surface area contributed by atoms with Gasteiger partial charge >= 0.3 is 5.69 Å². The molecule has 15 heteroatoms. The van der Waals surface area contributed by atoms with Gasteiger partial charge in [-0.05, 0) is 66.7 Å². The summed E-state index contributed by atoms with van der Waals surface area (Å²) in [6, 6.07) is 16.9. The molecule has 0 bridgehead atoms. The number of fused-ring (bicyclic) bond motifs is 1. The maximum Gasteiger partial charge on any atom is 0.332 e. The van der Waals surface area contributed by atoms with Gasteiger partial charge in [0.1, 0.15) is 10.7 Å². The second kappa shape index (κ2) is 13.1. The molecule has 0 saturated carbocycles. The average Bonchev–Trinajstić information content (AvgIpc) is 3.41. The summed E-state index contributed by atoms with van der Waals surface area (Å²) in [5.41, 5.74) is 0.612. The van der Waals surface area contributed by atoms with Gasteiger partial charge in [-0.2, -0.15) is 0 Å². The molecule has 0 saturated heterocycles. The van der Waals surface area contributed by atoms with Crippen LogP contribution in [-0.4, -0.2) is 53.6 Å². The van der Waals surface area contributed by atoms with E-state index in [2.05, 4.69) is 43.6 Å². The number of pyridine rings is 1. The molecule has 0 aliphatic rings. The van der Waals surface area contributed by atoms with Crippen LogP contribution in [0.15, 0.2) is 81.3 Å². The SMILES string of the molecule is Cn1c(=O)c2c(nc(-c3ccccc3Cl)n2-c2ccc(Cl)cc2)n(Cc2ccc(S(=O)(=O)NCCO[Si](C)(C)C(C)(C)C)cn2)c1=O. The van der Waals surface area contributed by atoms with Gasteiger partial charge in [-0.15, -0.1) is 0 Å². The van der Waals surface area contributed by atoms with Gasteiger partial charge in [-0.25, -0.2) is 22.9 Å². The Morgan fingerprint density at radius 3 is 2.28 bits per heavy atom. The zero-order valence-corrected chi connectivity index (χ0v) is 30.2. The van der Waals surface area contributed by atoms with Gasteiger partial charge in [-0.3, -0.25) is 23.5 Å². The van der Waals surface area contributed by atoms with Gasteiger partial charge in [0, 0.05) is 42.7 Å². The van der Waals surface area contributed by atoms with Crippen LogP contribution in [0.2, 0.25) is 28.2 Å². The van der Waals surface area contributed by atoms with Gasteiger partial charge in [0.15, 0.2) is 19.5 Å². The summed E-state index contributed by atoms with van der Waals surface area (Å²) < 4.78 is 38.6. The molecule has 0 spiro atoms.